The molecule has 2 amide bonds. The first kappa shape index (κ1) is 16.8. The topological polar surface area (TPSA) is 64.6 Å². The third-order valence-electron chi connectivity index (χ3n) is 4.44. The van der Waals surface area contributed by atoms with E-state index in [4.69, 9.17) is 0 Å². The van der Waals surface area contributed by atoms with Crippen LogP contribution in [0.15, 0.2) is 12.4 Å². The van der Waals surface area contributed by atoms with Crippen molar-refractivity contribution in [1.29, 1.82) is 0 Å². The summed E-state index contributed by atoms with van der Waals surface area (Å²) in [6.45, 7) is 11.2. The zero-order valence-electron chi connectivity index (χ0n) is 15.0. The summed E-state index contributed by atoms with van der Waals surface area (Å²) in [5, 5.41) is 3.03. The first-order valence-electron chi connectivity index (χ1n) is 8.81. The molecule has 0 radical (unpaired) electrons. The molecule has 2 fully saturated rings. The zero-order chi connectivity index (χ0) is 17.2. The Morgan fingerprint density at radius 2 is 1.50 bits per heavy atom. The van der Waals surface area contributed by atoms with Crippen LogP contribution in [0.25, 0.3) is 0 Å². The van der Waals surface area contributed by atoms with Crippen molar-refractivity contribution in [3.8, 4) is 0 Å². The van der Waals surface area contributed by atoms with Gasteiger partial charge in [0, 0.05) is 50.9 Å². The van der Waals surface area contributed by atoms with Gasteiger partial charge in [0.15, 0.2) is 0 Å². The summed E-state index contributed by atoms with van der Waals surface area (Å²) >= 11 is 0. The van der Waals surface area contributed by atoms with E-state index in [0.29, 0.717) is 13.1 Å². The first-order valence-corrected chi connectivity index (χ1v) is 8.81. The molecule has 2 aliphatic heterocycles. The number of aromatic nitrogens is 2. The Labute approximate surface area is 144 Å². The Morgan fingerprint density at radius 1 is 0.958 bits per heavy atom. The van der Waals surface area contributed by atoms with Crippen molar-refractivity contribution in [1.82, 2.24) is 20.2 Å². The highest BCUT2D eigenvalue weighted by Crippen LogP contribution is 2.22. The molecule has 0 spiro atoms. The Bertz CT molecular complexity index is 571. The summed E-state index contributed by atoms with van der Waals surface area (Å²) in [5.41, 5.74) is -0.203. The lowest BCUT2D eigenvalue weighted by Gasteiger charge is -2.37. The van der Waals surface area contributed by atoms with Crippen molar-refractivity contribution in [3.05, 3.63) is 12.4 Å². The summed E-state index contributed by atoms with van der Waals surface area (Å²) in [6, 6.07) is 2.10. The van der Waals surface area contributed by atoms with Gasteiger partial charge in [-0.3, -0.25) is 0 Å². The molecule has 0 bridgehead atoms. The maximum Gasteiger partial charge on any atom is 0.317 e. The highest BCUT2D eigenvalue weighted by molar-refractivity contribution is 5.75. The van der Waals surface area contributed by atoms with E-state index < -0.39 is 0 Å². The van der Waals surface area contributed by atoms with Gasteiger partial charge in [0.1, 0.15) is 18.0 Å². The van der Waals surface area contributed by atoms with Crippen molar-refractivity contribution in [3.63, 3.8) is 0 Å². The van der Waals surface area contributed by atoms with Gasteiger partial charge < -0.3 is 20.0 Å². The number of nitrogens with one attached hydrogen (secondary N) is 1. The van der Waals surface area contributed by atoms with E-state index in [1.165, 1.54) is 12.8 Å². The van der Waals surface area contributed by atoms with Crippen molar-refractivity contribution in [2.45, 2.75) is 39.2 Å². The van der Waals surface area contributed by atoms with Crippen molar-refractivity contribution < 1.29 is 4.79 Å². The molecule has 0 aromatic carbocycles. The quantitative estimate of drug-likeness (QED) is 0.893. The average molecular weight is 332 g/mol. The van der Waals surface area contributed by atoms with Crippen LogP contribution >= 0.6 is 0 Å². The van der Waals surface area contributed by atoms with Crippen LogP contribution in [0.5, 0.6) is 0 Å². The monoisotopic (exact) mass is 332 g/mol. The molecule has 1 N–H and O–H groups in total. The minimum atomic E-state index is -0.203. The van der Waals surface area contributed by atoms with E-state index in [1.807, 2.05) is 25.7 Å². The number of carbonyl (C=O) groups is 1. The van der Waals surface area contributed by atoms with Gasteiger partial charge in [-0.05, 0) is 33.6 Å². The molecule has 7 heteroatoms. The lowest BCUT2D eigenvalue weighted by Crippen LogP contribution is -2.55. The first-order chi connectivity index (χ1) is 11.4. The van der Waals surface area contributed by atoms with Gasteiger partial charge in [0.25, 0.3) is 0 Å². The fraction of sp³-hybridized carbons (Fsp3) is 0.706. The normalized spacial score (nSPS) is 18.9. The molecule has 24 heavy (non-hydrogen) atoms. The van der Waals surface area contributed by atoms with Crippen LogP contribution < -0.4 is 15.1 Å². The molecule has 0 atom stereocenters. The Balaban J connectivity index is 1.58. The van der Waals surface area contributed by atoms with Crippen molar-refractivity contribution >= 4 is 17.7 Å². The maximum absolute atomic E-state index is 12.2. The van der Waals surface area contributed by atoms with Gasteiger partial charge >= 0.3 is 6.03 Å². The van der Waals surface area contributed by atoms with Crippen LogP contribution in [0, 0.1) is 0 Å². The third-order valence-corrected chi connectivity index (χ3v) is 4.44. The van der Waals surface area contributed by atoms with Gasteiger partial charge in [-0.15, -0.1) is 0 Å². The average Bonchev–Trinajstić information content (AvgIpc) is 3.08. The van der Waals surface area contributed by atoms with Gasteiger partial charge in [-0.1, -0.05) is 0 Å². The number of amides is 2. The van der Waals surface area contributed by atoms with Crippen LogP contribution in [-0.4, -0.2) is 65.7 Å². The number of urea groups is 1. The largest absolute Gasteiger partial charge is 0.356 e. The Morgan fingerprint density at radius 3 is 2.04 bits per heavy atom. The molecular formula is C17H28N6O. The molecule has 7 nitrogen and oxygen atoms in total. The van der Waals surface area contributed by atoms with E-state index in [2.05, 4.69) is 31.2 Å². The molecule has 1 aromatic heterocycles. The second-order valence-electron chi connectivity index (χ2n) is 7.58. The highest BCUT2D eigenvalue weighted by atomic mass is 16.2. The molecule has 132 valence electrons. The van der Waals surface area contributed by atoms with Crippen LogP contribution in [0.4, 0.5) is 16.4 Å². The number of hydrogen-bond acceptors (Lipinski definition) is 5. The molecule has 0 saturated carbocycles. The third kappa shape index (κ3) is 4.07. The summed E-state index contributed by atoms with van der Waals surface area (Å²) in [5.74, 6) is 1.98. The van der Waals surface area contributed by atoms with Gasteiger partial charge in [-0.2, -0.15) is 0 Å². The van der Waals surface area contributed by atoms with Crippen molar-refractivity contribution in [2.24, 2.45) is 0 Å². The second-order valence-corrected chi connectivity index (χ2v) is 7.58. The van der Waals surface area contributed by atoms with E-state index in [9.17, 15) is 4.79 Å². The van der Waals surface area contributed by atoms with Crippen LogP contribution in [-0.2, 0) is 0 Å². The minimum Gasteiger partial charge on any atom is -0.356 e. The van der Waals surface area contributed by atoms with E-state index >= 15 is 0 Å². The highest BCUT2D eigenvalue weighted by Gasteiger charge is 2.25. The minimum absolute atomic E-state index is 0.0163. The molecule has 2 aliphatic rings. The lowest BCUT2D eigenvalue weighted by molar-refractivity contribution is 0.185. The zero-order valence-corrected chi connectivity index (χ0v) is 15.0. The number of rotatable bonds is 2. The lowest BCUT2D eigenvalue weighted by atomic mass is 10.1. The number of piperazine rings is 1. The molecule has 0 aliphatic carbocycles. The summed E-state index contributed by atoms with van der Waals surface area (Å²) in [7, 11) is 0. The van der Waals surface area contributed by atoms with Gasteiger partial charge in [0.2, 0.25) is 0 Å². The number of hydrogen-bond donors (Lipinski definition) is 1. The number of anilines is 2. The molecule has 1 aromatic rings. The molecule has 0 unspecified atom stereocenters. The molecule has 3 rings (SSSR count). The predicted molar refractivity (Wildman–Crippen MR) is 95.5 cm³/mol. The Hall–Kier alpha value is -2.05. The van der Waals surface area contributed by atoms with Crippen LogP contribution in [0.3, 0.4) is 0 Å². The van der Waals surface area contributed by atoms with E-state index in [0.717, 1.165) is 37.8 Å². The molecule has 2 saturated heterocycles. The smallest absolute Gasteiger partial charge is 0.317 e. The number of carbonyl (C=O) groups excluding carboxylic acids is 1. The Kier molecular flexibility index (Phi) is 4.78. The fourth-order valence-corrected chi connectivity index (χ4v) is 3.17. The van der Waals surface area contributed by atoms with Crippen molar-refractivity contribution in [2.75, 3.05) is 49.1 Å². The predicted octanol–water partition coefficient (Wildman–Crippen LogP) is 1.71. The molecule has 3 heterocycles. The van der Waals surface area contributed by atoms with E-state index in [1.54, 1.807) is 6.33 Å². The summed E-state index contributed by atoms with van der Waals surface area (Å²) < 4.78 is 0. The summed E-state index contributed by atoms with van der Waals surface area (Å²) in [6.07, 6.45) is 4.13. The maximum atomic E-state index is 12.2. The van der Waals surface area contributed by atoms with Gasteiger partial charge in [-0.25, -0.2) is 14.8 Å². The van der Waals surface area contributed by atoms with Crippen LogP contribution in [0.2, 0.25) is 0 Å². The van der Waals surface area contributed by atoms with Crippen LogP contribution in [0.1, 0.15) is 33.6 Å². The van der Waals surface area contributed by atoms with Gasteiger partial charge in [0.05, 0.1) is 0 Å². The molecular weight excluding hydrogens is 304 g/mol. The standard InChI is InChI=1S/C17H28N6O/c1-17(2,3)20-16(24)23-10-8-22(9-11-23)15-12-14(18-13-19-15)21-6-4-5-7-21/h12-13H,4-11H2,1-3H3,(H,20,24). The number of nitrogens with zero attached hydrogens (tertiary/aromatic N) is 5. The van der Waals surface area contributed by atoms with E-state index in [-0.39, 0.29) is 11.6 Å². The fourth-order valence-electron chi connectivity index (χ4n) is 3.17. The summed E-state index contributed by atoms with van der Waals surface area (Å²) in [4.78, 5) is 27.5. The second kappa shape index (κ2) is 6.83. The SMILES string of the molecule is CC(C)(C)NC(=O)N1CCN(c2cc(N3CCCC3)ncn2)CC1.